The van der Waals surface area contributed by atoms with E-state index in [1.54, 1.807) is 6.08 Å². The quantitative estimate of drug-likeness (QED) is 0.114. The number of nitrogens with zero attached hydrogens (tertiary/aromatic N) is 5. The minimum Gasteiger partial charge on any atom is -0.308 e. The van der Waals surface area contributed by atoms with Crippen LogP contribution in [0.15, 0.2) is 189 Å². The fourth-order valence-electron chi connectivity index (χ4n) is 6.28. The van der Waals surface area contributed by atoms with E-state index in [9.17, 15) is 0 Å². The molecule has 6 heteroatoms. The fraction of sp³-hybridized carbons (Fsp3) is 0. The summed E-state index contributed by atoms with van der Waals surface area (Å²) in [5.41, 5.74) is 11.0. The molecule has 2 aromatic heterocycles. The van der Waals surface area contributed by atoms with E-state index in [2.05, 4.69) is 61.2 Å². The number of aromatic nitrogens is 5. The number of benzene rings is 6. The van der Waals surface area contributed by atoms with E-state index in [-0.39, 0.29) is 0 Å². The fourth-order valence-corrected chi connectivity index (χ4v) is 6.28. The van der Waals surface area contributed by atoms with Crippen LogP contribution in [0.2, 0.25) is 0 Å². The Kier molecular flexibility index (Phi) is 9.63. The van der Waals surface area contributed by atoms with Crippen molar-refractivity contribution in [1.82, 2.24) is 24.9 Å². The SMILES string of the molecule is C=C/C=C(\C=N)c1cccc(-c2cc(-c3cccc(-c4ccc(-c5nc(-c6ccccc6)nc(-c6ccccc6)n5)cc4)c3)nc(-c3ccccc3)n2)c1. The average Bonchev–Trinajstić information content (AvgIpc) is 3.26. The van der Waals surface area contributed by atoms with Crippen molar-refractivity contribution in [2.45, 2.75) is 0 Å². The minimum atomic E-state index is 0.613. The van der Waals surface area contributed by atoms with Crippen molar-refractivity contribution in [3.63, 3.8) is 0 Å². The monoisotopic (exact) mass is 694 g/mol. The number of allylic oxidation sites excluding steroid dienone is 3. The van der Waals surface area contributed by atoms with Crippen molar-refractivity contribution in [3.8, 4) is 79.2 Å². The highest BCUT2D eigenvalue weighted by molar-refractivity contribution is 6.09. The average molecular weight is 695 g/mol. The van der Waals surface area contributed by atoms with Crippen LogP contribution >= 0.6 is 0 Å². The molecular weight excluding hydrogens is 661 g/mol. The molecule has 54 heavy (non-hydrogen) atoms. The number of rotatable bonds is 10. The third-order valence-corrected chi connectivity index (χ3v) is 9.04. The maximum Gasteiger partial charge on any atom is 0.164 e. The van der Waals surface area contributed by atoms with Gasteiger partial charge in [-0.05, 0) is 40.5 Å². The van der Waals surface area contributed by atoms with Crippen molar-refractivity contribution in [3.05, 3.63) is 194 Å². The summed E-state index contributed by atoms with van der Waals surface area (Å²) >= 11 is 0. The summed E-state index contributed by atoms with van der Waals surface area (Å²) in [6.45, 7) is 3.81. The van der Waals surface area contributed by atoms with Gasteiger partial charge >= 0.3 is 0 Å². The van der Waals surface area contributed by atoms with E-state index in [1.807, 2.05) is 121 Å². The summed E-state index contributed by atoms with van der Waals surface area (Å²) in [4.78, 5) is 24.7. The molecule has 8 aromatic rings. The van der Waals surface area contributed by atoms with E-state index in [1.165, 1.54) is 6.21 Å². The smallest absolute Gasteiger partial charge is 0.164 e. The van der Waals surface area contributed by atoms with E-state index in [4.69, 9.17) is 30.3 Å². The Morgan fingerprint density at radius 3 is 1.30 bits per heavy atom. The highest BCUT2D eigenvalue weighted by atomic mass is 15.0. The topological polar surface area (TPSA) is 88.3 Å². The zero-order valence-corrected chi connectivity index (χ0v) is 29.3. The highest BCUT2D eigenvalue weighted by Crippen LogP contribution is 2.32. The molecule has 0 atom stereocenters. The molecule has 0 aliphatic heterocycles. The molecule has 0 fully saturated rings. The molecule has 8 rings (SSSR count). The molecule has 0 unspecified atom stereocenters. The second kappa shape index (κ2) is 15.4. The first kappa shape index (κ1) is 33.7. The van der Waals surface area contributed by atoms with E-state index >= 15 is 0 Å². The van der Waals surface area contributed by atoms with Gasteiger partial charge in [0.1, 0.15) is 0 Å². The lowest BCUT2D eigenvalue weighted by molar-refractivity contribution is 1.07. The summed E-state index contributed by atoms with van der Waals surface area (Å²) in [6, 6.07) is 56.9. The minimum absolute atomic E-state index is 0.613. The third-order valence-electron chi connectivity index (χ3n) is 9.04. The van der Waals surface area contributed by atoms with E-state index in [0.29, 0.717) is 23.3 Å². The largest absolute Gasteiger partial charge is 0.308 e. The first-order chi connectivity index (χ1) is 26.6. The first-order valence-electron chi connectivity index (χ1n) is 17.6. The summed E-state index contributed by atoms with van der Waals surface area (Å²) in [5.74, 6) is 2.51. The standard InChI is InChI=1S/C48H34N6/c1-2-14-42(32-49)39-22-13-24-41(30-39)44-31-43(50-45(51-44)34-15-6-3-7-16-34)40-23-12-21-38(29-40)33-25-27-37(28-26-33)48-53-46(35-17-8-4-9-18-35)52-47(54-48)36-19-10-5-11-20-36/h2-32,49H,1H2/b42-14+,49-32?. The van der Waals surface area contributed by atoms with E-state index < -0.39 is 0 Å². The number of nitrogens with one attached hydrogen (secondary N) is 1. The zero-order valence-electron chi connectivity index (χ0n) is 29.3. The van der Waals surface area contributed by atoms with E-state index in [0.717, 1.165) is 67.0 Å². The van der Waals surface area contributed by atoms with Gasteiger partial charge in [0, 0.05) is 39.6 Å². The molecular formula is C48H34N6. The van der Waals surface area contributed by atoms with Crippen molar-refractivity contribution in [2.24, 2.45) is 0 Å². The predicted octanol–water partition coefficient (Wildman–Crippen LogP) is 11.5. The van der Waals surface area contributed by atoms with Crippen LogP contribution in [0.4, 0.5) is 0 Å². The maximum absolute atomic E-state index is 7.92. The molecule has 0 saturated heterocycles. The van der Waals surface area contributed by atoms with Crippen molar-refractivity contribution in [1.29, 1.82) is 5.41 Å². The molecule has 0 aliphatic carbocycles. The first-order valence-corrected chi connectivity index (χ1v) is 17.6. The number of hydrogen-bond donors (Lipinski definition) is 1. The molecule has 2 heterocycles. The summed E-state index contributed by atoms with van der Waals surface area (Å²) in [7, 11) is 0. The Morgan fingerprint density at radius 1 is 0.389 bits per heavy atom. The van der Waals surface area contributed by atoms with Gasteiger partial charge in [0.2, 0.25) is 0 Å². The molecule has 1 N–H and O–H groups in total. The lowest BCUT2D eigenvalue weighted by atomic mass is 9.98. The second-order valence-corrected chi connectivity index (χ2v) is 12.6. The molecule has 6 nitrogen and oxygen atoms in total. The molecule has 0 aliphatic rings. The Morgan fingerprint density at radius 2 is 0.796 bits per heavy atom. The van der Waals surface area contributed by atoms with Gasteiger partial charge < -0.3 is 5.41 Å². The summed E-state index contributed by atoms with van der Waals surface area (Å²) in [6.07, 6.45) is 4.87. The Hall–Kier alpha value is -7.44. The Bertz CT molecular complexity index is 2560. The van der Waals surface area contributed by atoms with Crippen LogP contribution in [0, 0.1) is 5.41 Å². The van der Waals surface area contributed by atoms with Gasteiger partial charge in [0.15, 0.2) is 23.3 Å². The Labute approximate surface area is 314 Å². The van der Waals surface area contributed by atoms with Crippen molar-refractivity contribution < 1.29 is 0 Å². The highest BCUT2D eigenvalue weighted by Gasteiger charge is 2.14. The van der Waals surface area contributed by atoms with Crippen molar-refractivity contribution >= 4 is 11.8 Å². The molecule has 0 amide bonds. The normalized spacial score (nSPS) is 11.2. The van der Waals surface area contributed by atoms with Gasteiger partial charge in [-0.15, -0.1) is 0 Å². The van der Waals surface area contributed by atoms with Gasteiger partial charge in [-0.3, -0.25) is 0 Å². The van der Waals surface area contributed by atoms with Crippen molar-refractivity contribution in [2.75, 3.05) is 0 Å². The van der Waals surface area contributed by atoms with Crippen LogP contribution < -0.4 is 0 Å². The van der Waals surface area contributed by atoms with Gasteiger partial charge in [0.25, 0.3) is 0 Å². The molecule has 6 aromatic carbocycles. The molecule has 0 radical (unpaired) electrons. The Balaban J connectivity index is 1.16. The summed E-state index contributed by atoms with van der Waals surface area (Å²) in [5, 5.41) is 7.92. The lowest BCUT2D eigenvalue weighted by Gasteiger charge is -2.12. The molecule has 0 spiro atoms. The zero-order chi connectivity index (χ0) is 36.7. The lowest BCUT2D eigenvalue weighted by Crippen LogP contribution is -2.00. The molecule has 0 saturated carbocycles. The van der Waals surface area contributed by atoms with Crippen LogP contribution in [-0.4, -0.2) is 31.1 Å². The van der Waals surface area contributed by atoms with Gasteiger partial charge in [-0.1, -0.05) is 170 Å². The maximum atomic E-state index is 7.92. The molecule has 0 bridgehead atoms. The summed E-state index contributed by atoms with van der Waals surface area (Å²) < 4.78 is 0. The van der Waals surface area contributed by atoms with Gasteiger partial charge in [0.05, 0.1) is 11.4 Å². The van der Waals surface area contributed by atoms with Gasteiger partial charge in [-0.2, -0.15) is 0 Å². The predicted molar refractivity (Wildman–Crippen MR) is 220 cm³/mol. The van der Waals surface area contributed by atoms with Crippen LogP contribution in [0.3, 0.4) is 0 Å². The number of hydrogen-bond acceptors (Lipinski definition) is 6. The van der Waals surface area contributed by atoms with Crippen LogP contribution in [-0.2, 0) is 0 Å². The van der Waals surface area contributed by atoms with Gasteiger partial charge in [-0.25, -0.2) is 24.9 Å². The van der Waals surface area contributed by atoms with Crippen LogP contribution in [0.1, 0.15) is 5.56 Å². The van der Waals surface area contributed by atoms with Crippen LogP contribution in [0.25, 0.3) is 84.8 Å². The van der Waals surface area contributed by atoms with Crippen LogP contribution in [0.5, 0.6) is 0 Å². The molecule has 256 valence electrons. The third kappa shape index (κ3) is 7.31. The second-order valence-electron chi connectivity index (χ2n) is 12.6.